The smallest absolute Gasteiger partial charge is 0.297 e. The molecule has 0 aromatic heterocycles. The van der Waals surface area contributed by atoms with Crippen molar-refractivity contribution in [1.29, 1.82) is 0 Å². The molecule has 0 aliphatic rings. The van der Waals surface area contributed by atoms with Gasteiger partial charge >= 0.3 is 0 Å². The highest BCUT2D eigenvalue weighted by molar-refractivity contribution is 7.86. The first-order valence-corrected chi connectivity index (χ1v) is 20.2. The molecule has 5 aromatic rings. The van der Waals surface area contributed by atoms with Crippen LogP contribution in [0.2, 0.25) is 0 Å². The zero-order valence-corrected chi connectivity index (χ0v) is 30.5. The van der Waals surface area contributed by atoms with Crippen molar-refractivity contribution >= 4 is 91.1 Å². The van der Waals surface area contributed by atoms with Crippen LogP contribution in [0.25, 0.3) is 10.8 Å². The molecule has 0 bridgehead atoms. The maximum atomic E-state index is 12.4. The minimum absolute atomic E-state index is 0.180. The van der Waals surface area contributed by atoms with E-state index in [1.165, 1.54) is 0 Å². The highest BCUT2D eigenvalue weighted by Gasteiger charge is 2.30. The first-order chi connectivity index (χ1) is 26.3. The van der Waals surface area contributed by atoms with Gasteiger partial charge in [0.15, 0.2) is 11.5 Å². The fraction of sp³-hybridized carbons (Fsp3) is 0. The van der Waals surface area contributed by atoms with Crippen LogP contribution in [0.1, 0.15) is 0 Å². The Morgan fingerprint density at radius 2 is 0.930 bits per heavy atom. The molecule has 0 atom stereocenters. The van der Waals surface area contributed by atoms with Gasteiger partial charge in [-0.05, 0) is 53.9 Å². The van der Waals surface area contributed by atoms with E-state index in [1.807, 2.05) is 0 Å². The van der Waals surface area contributed by atoms with Gasteiger partial charge in [0.2, 0.25) is 0 Å². The van der Waals surface area contributed by atoms with E-state index in [9.17, 15) is 82.4 Å². The standard InChI is InChI=1S/C28H19N7O18S4/c36-15-3-6-16(19(37)11-15)30-29-13-1-4-17(20(9-13)54(42,43)44)31-33-25-22(56(48,49)50)7-12-8-23(57(51,52)53)26(28(39)24(12)27(25)38)34-32-18-5-2-14(35(40)41)10-21(18)55(45,46)47/h1-11,36-39H,(H,42,43,44)(H,45,46,47)(H,48,49,50)(H,51,52,53). The van der Waals surface area contributed by atoms with E-state index in [1.54, 1.807) is 0 Å². The lowest BCUT2D eigenvalue weighted by Gasteiger charge is -2.13. The zero-order valence-electron chi connectivity index (χ0n) is 27.3. The Balaban J connectivity index is 1.72. The molecule has 0 aliphatic carbocycles. The van der Waals surface area contributed by atoms with Crippen molar-refractivity contribution in [2.24, 2.45) is 30.7 Å². The number of fused-ring (bicyclic) bond motifs is 1. The molecule has 8 N–H and O–H groups in total. The number of benzene rings is 5. The third-order valence-corrected chi connectivity index (χ3v) is 10.7. The van der Waals surface area contributed by atoms with Crippen molar-refractivity contribution in [1.82, 2.24) is 0 Å². The van der Waals surface area contributed by atoms with Gasteiger partial charge in [0.1, 0.15) is 59.5 Å². The van der Waals surface area contributed by atoms with E-state index < -0.39 is 121 Å². The third kappa shape index (κ3) is 8.94. The number of hydrogen-bond donors (Lipinski definition) is 8. The van der Waals surface area contributed by atoms with Crippen molar-refractivity contribution in [3.63, 3.8) is 0 Å². The summed E-state index contributed by atoms with van der Waals surface area (Å²) in [6.07, 6.45) is 0. The van der Waals surface area contributed by atoms with E-state index >= 15 is 0 Å². The molecule has 0 unspecified atom stereocenters. The summed E-state index contributed by atoms with van der Waals surface area (Å²) in [6.45, 7) is 0. The number of phenols is 4. The van der Waals surface area contributed by atoms with Gasteiger partial charge in [-0.1, -0.05) is 0 Å². The second kappa shape index (κ2) is 14.8. The van der Waals surface area contributed by atoms with Crippen molar-refractivity contribution < 1.29 is 77.2 Å². The first-order valence-electron chi connectivity index (χ1n) is 14.4. The first kappa shape index (κ1) is 41.6. The maximum absolute atomic E-state index is 12.4. The second-order valence-corrected chi connectivity index (χ2v) is 16.5. The van der Waals surface area contributed by atoms with Crippen LogP contribution in [0.3, 0.4) is 0 Å². The number of nitro groups is 1. The molecule has 5 aromatic carbocycles. The normalized spacial score (nSPS) is 13.0. The second-order valence-electron chi connectivity index (χ2n) is 11.0. The van der Waals surface area contributed by atoms with E-state index in [0.717, 1.165) is 30.3 Å². The van der Waals surface area contributed by atoms with Crippen LogP contribution >= 0.6 is 0 Å². The predicted molar refractivity (Wildman–Crippen MR) is 188 cm³/mol. The molecule has 5 rings (SSSR count). The molecule has 57 heavy (non-hydrogen) atoms. The Kier molecular flexibility index (Phi) is 10.8. The number of azo groups is 3. The summed E-state index contributed by atoms with van der Waals surface area (Å²) in [5.74, 6) is -3.73. The van der Waals surface area contributed by atoms with Crippen LogP contribution in [0.15, 0.2) is 117 Å². The van der Waals surface area contributed by atoms with Crippen molar-refractivity contribution in [3.8, 4) is 23.0 Å². The molecular weight excluding hydrogens is 851 g/mol. The molecule has 0 spiro atoms. The summed E-state index contributed by atoms with van der Waals surface area (Å²) in [7, 11) is -21.5. The summed E-state index contributed by atoms with van der Waals surface area (Å²) in [4.78, 5) is 5.07. The highest BCUT2D eigenvalue weighted by Crippen LogP contribution is 2.50. The topological polar surface area (TPSA) is 416 Å². The lowest BCUT2D eigenvalue weighted by atomic mass is 10.1. The van der Waals surface area contributed by atoms with Crippen molar-refractivity contribution in [2.75, 3.05) is 0 Å². The zero-order chi connectivity index (χ0) is 42.4. The van der Waals surface area contributed by atoms with Crippen LogP contribution in [-0.2, 0) is 40.5 Å². The average Bonchev–Trinajstić information content (AvgIpc) is 3.08. The van der Waals surface area contributed by atoms with Gasteiger partial charge in [0, 0.05) is 18.2 Å². The molecule has 0 aliphatic heterocycles. The fourth-order valence-corrected chi connectivity index (χ4v) is 7.32. The Morgan fingerprint density at radius 3 is 1.39 bits per heavy atom. The Labute approximate surface area is 317 Å². The van der Waals surface area contributed by atoms with E-state index in [4.69, 9.17) is 0 Å². The van der Waals surface area contributed by atoms with Crippen molar-refractivity contribution in [3.05, 3.63) is 76.8 Å². The average molecular weight is 870 g/mol. The van der Waals surface area contributed by atoms with E-state index in [2.05, 4.69) is 30.7 Å². The summed E-state index contributed by atoms with van der Waals surface area (Å²) in [5.41, 5.74) is -5.54. The van der Waals surface area contributed by atoms with E-state index in [0.29, 0.717) is 36.4 Å². The van der Waals surface area contributed by atoms with E-state index in [-0.39, 0.29) is 17.1 Å². The summed E-state index contributed by atoms with van der Waals surface area (Å²) in [5, 5.41) is 72.2. The van der Waals surface area contributed by atoms with Crippen LogP contribution in [-0.4, -0.2) is 77.2 Å². The minimum Gasteiger partial charge on any atom is -0.508 e. The SMILES string of the molecule is O=[N+]([O-])c1ccc(N=Nc2c(S(=O)(=O)O)cc3cc(S(=O)(=O)O)c(N=Nc4ccc(N=Nc5ccc(O)cc5O)cc4S(=O)(=O)O)c(O)c3c2O)c(S(=O)(=O)O)c1. The monoisotopic (exact) mass is 869 g/mol. The molecule has 29 heteroatoms. The molecule has 25 nitrogen and oxygen atoms in total. The summed E-state index contributed by atoms with van der Waals surface area (Å²) >= 11 is 0. The molecule has 0 saturated heterocycles. The predicted octanol–water partition coefficient (Wildman–Crippen LogP) is 5.80. The Bertz CT molecular complexity index is 3100. The molecular formula is C28H19N7O18S4. The summed E-state index contributed by atoms with van der Waals surface area (Å²) in [6, 6.07) is 8.27. The Morgan fingerprint density at radius 1 is 0.491 bits per heavy atom. The number of phenolic OH excluding ortho intramolecular Hbond substituents is 4. The lowest BCUT2D eigenvalue weighted by Crippen LogP contribution is -2.02. The van der Waals surface area contributed by atoms with Crippen LogP contribution in [0.4, 0.5) is 39.8 Å². The van der Waals surface area contributed by atoms with Gasteiger partial charge < -0.3 is 20.4 Å². The largest absolute Gasteiger partial charge is 0.508 e. The fourth-order valence-electron chi connectivity index (χ4n) is 4.72. The van der Waals surface area contributed by atoms with Crippen LogP contribution < -0.4 is 0 Å². The summed E-state index contributed by atoms with van der Waals surface area (Å²) < 4.78 is 137. The number of rotatable bonds is 11. The highest BCUT2D eigenvalue weighted by atomic mass is 32.2. The van der Waals surface area contributed by atoms with Gasteiger partial charge in [-0.3, -0.25) is 28.3 Å². The maximum Gasteiger partial charge on any atom is 0.297 e. The molecule has 0 heterocycles. The molecule has 0 amide bonds. The number of non-ortho nitro benzene ring substituents is 1. The lowest BCUT2D eigenvalue weighted by molar-refractivity contribution is -0.385. The number of hydrogen-bond acceptors (Lipinski definition) is 20. The van der Waals surface area contributed by atoms with Gasteiger partial charge in [-0.2, -0.15) is 38.8 Å². The Hall–Kier alpha value is -6.60. The number of aromatic hydroxyl groups is 4. The van der Waals surface area contributed by atoms with Gasteiger partial charge in [-0.15, -0.1) is 25.6 Å². The van der Waals surface area contributed by atoms with Gasteiger partial charge in [0.25, 0.3) is 46.2 Å². The minimum atomic E-state index is -5.50. The van der Waals surface area contributed by atoms with Gasteiger partial charge in [-0.25, -0.2) is 0 Å². The molecule has 0 saturated carbocycles. The number of nitro benzene ring substituents is 1. The van der Waals surface area contributed by atoms with Crippen molar-refractivity contribution in [2.45, 2.75) is 19.6 Å². The number of nitrogens with zero attached hydrogens (tertiary/aromatic N) is 7. The molecule has 0 radical (unpaired) electrons. The molecule has 298 valence electrons. The van der Waals surface area contributed by atoms with Crippen LogP contribution in [0.5, 0.6) is 23.0 Å². The quantitative estimate of drug-likeness (QED) is 0.0336. The molecule has 0 fully saturated rings. The van der Waals surface area contributed by atoms with Crippen LogP contribution in [0, 0.1) is 10.1 Å². The third-order valence-electron chi connectivity index (χ3n) is 7.21. The van der Waals surface area contributed by atoms with Gasteiger partial charge in [0.05, 0.1) is 16.0 Å².